The third-order valence-electron chi connectivity index (χ3n) is 6.82. The van der Waals surface area contributed by atoms with Crippen molar-refractivity contribution >= 4 is 34.4 Å². The number of fused-ring (bicyclic) bond motifs is 1. The summed E-state index contributed by atoms with van der Waals surface area (Å²) in [5.74, 6) is -0.582. The Morgan fingerprint density at radius 2 is 1.61 bits per heavy atom. The van der Waals surface area contributed by atoms with Gasteiger partial charge in [-0.1, -0.05) is 12.1 Å². The molecular formula is C29H35N5O7. The van der Waals surface area contributed by atoms with Gasteiger partial charge in [0.1, 0.15) is 5.58 Å². The fourth-order valence-corrected chi connectivity index (χ4v) is 4.58. The summed E-state index contributed by atoms with van der Waals surface area (Å²) in [5, 5.41) is 5.73. The summed E-state index contributed by atoms with van der Waals surface area (Å²) in [4.78, 5) is 56.7. The first-order valence-corrected chi connectivity index (χ1v) is 13.2. The van der Waals surface area contributed by atoms with Crippen LogP contribution in [0.25, 0.3) is 11.0 Å². The second-order valence-corrected chi connectivity index (χ2v) is 9.81. The number of methoxy groups -OCH3 is 2. The quantitative estimate of drug-likeness (QED) is 0.372. The van der Waals surface area contributed by atoms with Crippen LogP contribution in [0.5, 0.6) is 11.5 Å². The number of ether oxygens (including phenoxy) is 2. The minimum Gasteiger partial charge on any atom is -0.493 e. The number of benzene rings is 2. The van der Waals surface area contributed by atoms with Gasteiger partial charge in [0, 0.05) is 57.1 Å². The Morgan fingerprint density at radius 1 is 0.927 bits per heavy atom. The van der Waals surface area contributed by atoms with Crippen LogP contribution >= 0.6 is 0 Å². The summed E-state index contributed by atoms with van der Waals surface area (Å²) in [6.45, 7) is 2.95. The highest BCUT2D eigenvalue weighted by molar-refractivity contribution is 6.00. The molecule has 12 heteroatoms. The van der Waals surface area contributed by atoms with Gasteiger partial charge in [-0.3, -0.25) is 19.2 Å². The lowest BCUT2D eigenvalue weighted by atomic mass is 10.1. The maximum absolute atomic E-state index is 12.9. The van der Waals surface area contributed by atoms with Crippen LogP contribution < -0.4 is 30.4 Å². The zero-order valence-electron chi connectivity index (χ0n) is 23.7. The van der Waals surface area contributed by atoms with Gasteiger partial charge >= 0.3 is 0 Å². The number of nitrogens with one attached hydrogen (secondary N) is 2. The van der Waals surface area contributed by atoms with Crippen molar-refractivity contribution in [3.8, 4) is 11.5 Å². The molecule has 1 aliphatic heterocycles. The Bertz CT molecular complexity index is 1480. The Labute approximate surface area is 237 Å². The fourth-order valence-electron chi connectivity index (χ4n) is 4.58. The monoisotopic (exact) mass is 565 g/mol. The van der Waals surface area contributed by atoms with E-state index in [4.69, 9.17) is 13.9 Å². The van der Waals surface area contributed by atoms with Crippen LogP contribution in [0, 0.1) is 0 Å². The molecule has 0 spiro atoms. The van der Waals surface area contributed by atoms with Crippen LogP contribution in [-0.4, -0.2) is 102 Å². The van der Waals surface area contributed by atoms with Gasteiger partial charge in [0.25, 0.3) is 11.8 Å². The van der Waals surface area contributed by atoms with Crippen molar-refractivity contribution in [2.24, 2.45) is 0 Å². The number of amides is 3. The maximum atomic E-state index is 12.9. The van der Waals surface area contributed by atoms with Crippen LogP contribution in [0.4, 0.5) is 5.69 Å². The highest BCUT2D eigenvalue weighted by Gasteiger charge is 2.25. The molecule has 41 heavy (non-hydrogen) atoms. The Hall–Kier alpha value is -4.58. The Kier molecular flexibility index (Phi) is 9.45. The topological polar surface area (TPSA) is 134 Å². The summed E-state index contributed by atoms with van der Waals surface area (Å²) < 4.78 is 16.1. The van der Waals surface area contributed by atoms with E-state index in [1.54, 1.807) is 11.0 Å². The number of hydrogen-bond donors (Lipinski definition) is 2. The lowest BCUT2D eigenvalue weighted by Gasteiger charge is -2.37. The molecule has 4 rings (SSSR count). The van der Waals surface area contributed by atoms with Crippen molar-refractivity contribution in [2.45, 2.75) is 0 Å². The summed E-state index contributed by atoms with van der Waals surface area (Å²) in [5.41, 5.74) is 1.14. The number of hydrogen-bond acceptors (Lipinski definition) is 9. The molecule has 0 saturated carbocycles. The van der Waals surface area contributed by atoms with Gasteiger partial charge < -0.3 is 39.2 Å². The number of carbonyl (C=O) groups is 3. The molecule has 0 atom stereocenters. The van der Waals surface area contributed by atoms with E-state index < -0.39 is 11.3 Å². The normalized spacial score (nSPS) is 13.3. The summed E-state index contributed by atoms with van der Waals surface area (Å²) in [6, 6.07) is 11.5. The van der Waals surface area contributed by atoms with Crippen LogP contribution in [0.15, 0.2) is 51.7 Å². The van der Waals surface area contributed by atoms with Gasteiger partial charge in [0.05, 0.1) is 31.7 Å². The zero-order chi connectivity index (χ0) is 29.5. The standard InChI is InChI=1S/C29H35N5O7/c1-32(2)10-9-30-28(37)19-7-5-6-8-21(19)33-11-13-34(14-12-33)27(36)18-31-29(38)26-16-22(35)20-15-24(39-3)25(40-4)17-23(20)41-26/h5-8,15-17H,9-14,18H2,1-4H3,(H,30,37)(H,31,38). The maximum Gasteiger partial charge on any atom is 0.287 e. The minimum atomic E-state index is -0.681. The van der Waals surface area contributed by atoms with E-state index in [0.717, 1.165) is 18.3 Å². The zero-order valence-corrected chi connectivity index (χ0v) is 23.7. The second-order valence-electron chi connectivity index (χ2n) is 9.81. The largest absolute Gasteiger partial charge is 0.493 e. The lowest BCUT2D eigenvalue weighted by Crippen LogP contribution is -2.51. The number of nitrogens with zero attached hydrogens (tertiary/aromatic N) is 3. The highest BCUT2D eigenvalue weighted by atomic mass is 16.5. The molecule has 3 amide bonds. The van der Waals surface area contributed by atoms with Gasteiger partial charge in [-0.05, 0) is 32.3 Å². The number of anilines is 1. The first kappa shape index (κ1) is 29.4. The fraction of sp³-hybridized carbons (Fsp3) is 0.379. The van der Waals surface area contributed by atoms with Crippen molar-refractivity contribution in [1.29, 1.82) is 0 Å². The molecule has 1 saturated heterocycles. The van der Waals surface area contributed by atoms with Crippen molar-refractivity contribution < 1.29 is 28.3 Å². The van der Waals surface area contributed by atoms with Crippen LogP contribution in [0.3, 0.4) is 0 Å². The second kappa shape index (κ2) is 13.2. The number of carbonyl (C=O) groups excluding carboxylic acids is 3. The third-order valence-corrected chi connectivity index (χ3v) is 6.82. The van der Waals surface area contributed by atoms with Gasteiger partial charge in [-0.25, -0.2) is 0 Å². The number of para-hydroxylation sites is 1. The molecule has 218 valence electrons. The average Bonchev–Trinajstić information content (AvgIpc) is 2.98. The van der Waals surface area contributed by atoms with Gasteiger partial charge in [-0.15, -0.1) is 0 Å². The molecule has 12 nitrogen and oxygen atoms in total. The third kappa shape index (κ3) is 6.95. The molecule has 2 heterocycles. The molecule has 0 aliphatic carbocycles. The molecule has 0 unspecified atom stereocenters. The molecule has 2 aromatic carbocycles. The Morgan fingerprint density at radius 3 is 2.29 bits per heavy atom. The first-order chi connectivity index (χ1) is 19.7. The number of likely N-dealkylation sites (N-methyl/N-ethyl adjacent to an activating group) is 1. The number of rotatable bonds is 10. The predicted octanol–water partition coefficient (Wildman–Crippen LogP) is 1.18. The Balaban J connectivity index is 1.34. The smallest absolute Gasteiger partial charge is 0.287 e. The molecule has 0 radical (unpaired) electrons. The molecule has 2 N–H and O–H groups in total. The molecule has 1 aromatic heterocycles. The van der Waals surface area contributed by atoms with E-state index in [0.29, 0.717) is 49.8 Å². The van der Waals surface area contributed by atoms with Gasteiger partial charge in [-0.2, -0.15) is 0 Å². The van der Waals surface area contributed by atoms with E-state index >= 15 is 0 Å². The molecular weight excluding hydrogens is 530 g/mol. The summed E-state index contributed by atoms with van der Waals surface area (Å²) in [6.07, 6.45) is 0. The summed E-state index contributed by atoms with van der Waals surface area (Å²) >= 11 is 0. The van der Waals surface area contributed by atoms with E-state index in [2.05, 4.69) is 15.5 Å². The number of piperazine rings is 1. The van der Waals surface area contributed by atoms with Crippen molar-refractivity contribution in [1.82, 2.24) is 20.4 Å². The van der Waals surface area contributed by atoms with Crippen molar-refractivity contribution in [3.63, 3.8) is 0 Å². The van der Waals surface area contributed by atoms with E-state index in [9.17, 15) is 19.2 Å². The first-order valence-electron chi connectivity index (χ1n) is 13.2. The molecule has 0 bridgehead atoms. The van der Waals surface area contributed by atoms with Crippen LogP contribution in [-0.2, 0) is 4.79 Å². The van der Waals surface area contributed by atoms with Gasteiger partial charge in [0.15, 0.2) is 22.7 Å². The van der Waals surface area contributed by atoms with Crippen LogP contribution in [0.2, 0.25) is 0 Å². The molecule has 1 fully saturated rings. The minimum absolute atomic E-state index is 0.137. The van der Waals surface area contributed by atoms with Crippen molar-refractivity contribution in [2.75, 3.05) is 79.0 Å². The highest BCUT2D eigenvalue weighted by Crippen LogP contribution is 2.31. The van der Waals surface area contributed by atoms with E-state index in [-0.39, 0.29) is 35.1 Å². The molecule has 3 aromatic rings. The SMILES string of the molecule is COc1cc2oc(C(=O)NCC(=O)N3CCN(c4ccccc4C(=O)NCCN(C)C)CC3)cc(=O)c2cc1OC. The van der Waals surface area contributed by atoms with Gasteiger partial charge in [0.2, 0.25) is 5.91 Å². The van der Waals surface area contributed by atoms with Crippen molar-refractivity contribution in [3.05, 3.63) is 64.0 Å². The lowest BCUT2D eigenvalue weighted by molar-refractivity contribution is -0.130. The molecule has 1 aliphatic rings. The predicted molar refractivity (Wildman–Crippen MR) is 154 cm³/mol. The van der Waals surface area contributed by atoms with Crippen LogP contribution in [0.1, 0.15) is 20.9 Å². The van der Waals surface area contributed by atoms with E-state index in [1.165, 1.54) is 26.4 Å². The average molecular weight is 566 g/mol. The van der Waals surface area contributed by atoms with E-state index in [1.807, 2.05) is 37.2 Å². The summed E-state index contributed by atoms with van der Waals surface area (Å²) in [7, 11) is 6.80.